The van der Waals surface area contributed by atoms with E-state index in [9.17, 15) is 14.4 Å². The molecule has 0 aliphatic heterocycles. The van der Waals surface area contributed by atoms with Crippen LogP contribution < -0.4 is 15.7 Å². The number of alkyl carbamates (subject to hydrolysis) is 1. The predicted molar refractivity (Wildman–Crippen MR) is 119 cm³/mol. The average molecular weight is 431 g/mol. The monoisotopic (exact) mass is 431 g/mol. The Kier molecular flexibility index (Phi) is 6.17. The van der Waals surface area contributed by atoms with Gasteiger partial charge in [0.05, 0.1) is 5.39 Å². The van der Waals surface area contributed by atoms with E-state index in [1.54, 1.807) is 31.2 Å². The van der Waals surface area contributed by atoms with Crippen molar-refractivity contribution >= 4 is 33.8 Å². The maximum atomic E-state index is 12.6. The number of ether oxygens (including phenoxy) is 2. The van der Waals surface area contributed by atoms with Gasteiger partial charge in [0, 0.05) is 11.5 Å². The van der Waals surface area contributed by atoms with Crippen LogP contribution in [0.5, 0.6) is 5.75 Å². The SMILES string of the molecule is CCC(NC(=O)OCc1ccccc1)C(=O)Oc1ccc2c(c1)oc(=O)c1ccccc12. The van der Waals surface area contributed by atoms with Crippen molar-refractivity contribution in [1.29, 1.82) is 0 Å². The van der Waals surface area contributed by atoms with Crippen LogP contribution in [-0.4, -0.2) is 18.1 Å². The van der Waals surface area contributed by atoms with E-state index in [-0.39, 0.29) is 12.4 Å². The van der Waals surface area contributed by atoms with Crippen molar-refractivity contribution < 1.29 is 23.5 Å². The molecule has 1 unspecified atom stereocenters. The Morgan fingerprint density at radius 3 is 2.41 bits per heavy atom. The van der Waals surface area contributed by atoms with Crippen molar-refractivity contribution in [3.8, 4) is 5.75 Å². The first kappa shape index (κ1) is 21.1. The number of rotatable bonds is 6. The van der Waals surface area contributed by atoms with E-state index in [1.807, 2.05) is 42.5 Å². The first-order valence-electron chi connectivity index (χ1n) is 10.2. The lowest BCUT2D eigenvalue weighted by Crippen LogP contribution is -2.42. The molecule has 0 saturated carbocycles. The molecule has 4 rings (SSSR count). The number of hydrogen-bond acceptors (Lipinski definition) is 6. The summed E-state index contributed by atoms with van der Waals surface area (Å²) in [5.74, 6) is -0.439. The molecule has 32 heavy (non-hydrogen) atoms. The van der Waals surface area contributed by atoms with Crippen LogP contribution in [0.15, 0.2) is 82.0 Å². The number of carbonyl (C=O) groups excluding carboxylic acids is 2. The van der Waals surface area contributed by atoms with Crippen molar-refractivity contribution in [2.45, 2.75) is 26.0 Å². The topological polar surface area (TPSA) is 94.8 Å². The third kappa shape index (κ3) is 4.62. The molecule has 1 atom stereocenters. The number of hydrogen-bond donors (Lipinski definition) is 1. The molecule has 0 saturated heterocycles. The van der Waals surface area contributed by atoms with Crippen molar-refractivity contribution in [2.24, 2.45) is 0 Å². The molecule has 4 aromatic rings. The van der Waals surface area contributed by atoms with Crippen LogP contribution in [0.25, 0.3) is 21.7 Å². The van der Waals surface area contributed by atoms with Gasteiger partial charge < -0.3 is 19.2 Å². The van der Waals surface area contributed by atoms with Gasteiger partial charge in [0.25, 0.3) is 0 Å². The van der Waals surface area contributed by atoms with E-state index in [0.717, 1.165) is 16.3 Å². The summed E-state index contributed by atoms with van der Waals surface area (Å²) in [5.41, 5.74) is 0.677. The van der Waals surface area contributed by atoms with Crippen LogP contribution in [0.4, 0.5) is 4.79 Å². The van der Waals surface area contributed by atoms with Crippen molar-refractivity contribution in [3.05, 3.63) is 88.8 Å². The van der Waals surface area contributed by atoms with Gasteiger partial charge in [-0.15, -0.1) is 0 Å². The lowest BCUT2D eigenvalue weighted by molar-refractivity contribution is -0.136. The summed E-state index contributed by atoms with van der Waals surface area (Å²) in [4.78, 5) is 36.9. The zero-order chi connectivity index (χ0) is 22.5. The summed E-state index contributed by atoms with van der Waals surface area (Å²) < 4.78 is 16.0. The van der Waals surface area contributed by atoms with E-state index >= 15 is 0 Å². The lowest BCUT2D eigenvalue weighted by Gasteiger charge is -2.16. The van der Waals surface area contributed by atoms with Crippen LogP contribution >= 0.6 is 0 Å². The number of nitrogens with one attached hydrogen (secondary N) is 1. The zero-order valence-corrected chi connectivity index (χ0v) is 17.4. The second kappa shape index (κ2) is 9.34. The van der Waals surface area contributed by atoms with Gasteiger partial charge in [-0.25, -0.2) is 14.4 Å². The number of carbonyl (C=O) groups is 2. The Morgan fingerprint density at radius 2 is 1.66 bits per heavy atom. The van der Waals surface area contributed by atoms with Gasteiger partial charge in [-0.1, -0.05) is 55.5 Å². The minimum Gasteiger partial charge on any atom is -0.445 e. The van der Waals surface area contributed by atoms with Gasteiger partial charge in [0.2, 0.25) is 0 Å². The molecule has 1 N–H and O–H groups in total. The van der Waals surface area contributed by atoms with E-state index in [2.05, 4.69) is 5.32 Å². The van der Waals surface area contributed by atoms with Crippen LogP contribution in [-0.2, 0) is 16.1 Å². The molecule has 162 valence electrons. The number of benzene rings is 3. The third-order valence-electron chi connectivity index (χ3n) is 5.01. The molecular weight excluding hydrogens is 410 g/mol. The summed E-state index contributed by atoms with van der Waals surface area (Å²) in [5, 5.41) is 4.49. The molecule has 0 bridgehead atoms. The normalized spacial score (nSPS) is 11.8. The predicted octanol–water partition coefficient (Wildman–Crippen LogP) is 4.56. The third-order valence-corrected chi connectivity index (χ3v) is 5.01. The fourth-order valence-electron chi connectivity index (χ4n) is 3.35. The first-order valence-corrected chi connectivity index (χ1v) is 10.2. The summed E-state index contributed by atoms with van der Waals surface area (Å²) in [6.07, 6.45) is -0.402. The lowest BCUT2D eigenvalue weighted by atomic mass is 10.1. The zero-order valence-electron chi connectivity index (χ0n) is 17.4. The molecular formula is C25H21NO6. The fourth-order valence-corrected chi connectivity index (χ4v) is 3.35. The molecule has 3 aromatic carbocycles. The van der Waals surface area contributed by atoms with E-state index in [4.69, 9.17) is 13.9 Å². The molecule has 0 aliphatic carbocycles. The summed E-state index contributed by atoms with van der Waals surface area (Å²) in [6.45, 7) is 1.84. The largest absolute Gasteiger partial charge is 0.445 e. The standard InChI is InChI=1S/C25H21NO6/c1-2-21(26-25(29)30-15-16-8-4-3-5-9-16)24(28)31-17-12-13-19-18-10-6-7-11-20(18)23(27)32-22(19)14-17/h3-14,21H,2,15H2,1H3,(H,26,29). The van der Waals surface area contributed by atoms with Crippen LogP contribution in [0.2, 0.25) is 0 Å². The van der Waals surface area contributed by atoms with E-state index in [1.165, 1.54) is 6.07 Å². The van der Waals surface area contributed by atoms with Gasteiger partial charge in [0.15, 0.2) is 0 Å². The molecule has 7 nitrogen and oxygen atoms in total. The maximum absolute atomic E-state index is 12.6. The molecule has 1 heterocycles. The highest BCUT2D eigenvalue weighted by molar-refractivity contribution is 6.04. The molecule has 0 aliphatic rings. The molecule has 1 aromatic heterocycles. The van der Waals surface area contributed by atoms with Crippen LogP contribution in [0.1, 0.15) is 18.9 Å². The van der Waals surface area contributed by atoms with Gasteiger partial charge >= 0.3 is 17.7 Å². The molecule has 7 heteroatoms. The highest BCUT2D eigenvalue weighted by Crippen LogP contribution is 2.26. The maximum Gasteiger partial charge on any atom is 0.408 e. The molecule has 1 amide bonds. The van der Waals surface area contributed by atoms with Gasteiger partial charge in [0.1, 0.15) is 24.0 Å². The highest BCUT2D eigenvalue weighted by Gasteiger charge is 2.22. The highest BCUT2D eigenvalue weighted by atomic mass is 16.6. The van der Waals surface area contributed by atoms with Crippen molar-refractivity contribution in [2.75, 3.05) is 0 Å². The Morgan fingerprint density at radius 1 is 0.938 bits per heavy atom. The molecule has 0 radical (unpaired) electrons. The van der Waals surface area contributed by atoms with E-state index in [0.29, 0.717) is 17.4 Å². The summed E-state index contributed by atoms with van der Waals surface area (Å²) in [7, 11) is 0. The number of fused-ring (bicyclic) bond motifs is 3. The van der Waals surface area contributed by atoms with Crippen molar-refractivity contribution in [1.82, 2.24) is 5.32 Å². The smallest absolute Gasteiger partial charge is 0.408 e. The fraction of sp³-hybridized carbons (Fsp3) is 0.160. The van der Waals surface area contributed by atoms with Crippen LogP contribution in [0.3, 0.4) is 0 Å². The van der Waals surface area contributed by atoms with Gasteiger partial charge in [-0.05, 0) is 35.6 Å². The second-order valence-corrected chi connectivity index (χ2v) is 7.18. The van der Waals surface area contributed by atoms with Gasteiger partial charge in [-0.2, -0.15) is 0 Å². The Labute approximate surface area is 183 Å². The minimum atomic E-state index is -0.891. The van der Waals surface area contributed by atoms with Crippen molar-refractivity contribution in [3.63, 3.8) is 0 Å². The minimum absolute atomic E-state index is 0.0931. The number of amides is 1. The quantitative estimate of drug-likeness (QED) is 0.208. The summed E-state index contributed by atoms with van der Waals surface area (Å²) in [6, 6.07) is 20.3. The Bertz CT molecular complexity index is 1330. The second-order valence-electron chi connectivity index (χ2n) is 7.18. The Hall–Kier alpha value is -4.13. The van der Waals surface area contributed by atoms with E-state index < -0.39 is 23.7 Å². The summed E-state index contributed by atoms with van der Waals surface area (Å²) >= 11 is 0. The molecule has 0 fully saturated rings. The molecule has 0 spiro atoms. The average Bonchev–Trinajstić information content (AvgIpc) is 2.82. The van der Waals surface area contributed by atoms with Crippen LogP contribution in [0, 0.1) is 0 Å². The first-order chi connectivity index (χ1) is 15.5. The Balaban J connectivity index is 1.45. The van der Waals surface area contributed by atoms with Gasteiger partial charge in [-0.3, -0.25) is 0 Å². The number of esters is 1.